The highest BCUT2D eigenvalue weighted by Crippen LogP contribution is 2.26. The molecule has 0 saturated heterocycles. The SMILES string of the molecule is CCC(C)(C)c1ccc([I+]c2ccc(C(C)(C)CC)cc2)cc1.O=S(=O)([O-])C(F)(F)F. The molecule has 0 N–H and O–H groups in total. The molecule has 0 heterocycles. The van der Waals surface area contributed by atoms with Gasteiger partial charge in [-0.3, -0.25) is 0 Å². The molecule has 0 amide bonds. The summed E-state index contributed by atoms with van der Waals surface area (Å²) in [6.45, 7) is 13.8. The van der Waals surface area contributed by atoms with Crippen molar-refractivity contribution in [2.24, 2.45) is 0 Å². The van der Waals surface area contributed by atoms with Crippen LogP contribution in [0.5, 0.6) is 0 Å². The lowest BCUT2D eigenvalue weighted by Gasteiger charge is -2.23. The van der Waals surface area contributed by atoms with Crippen molar-refractivity contribution in [3.05, 3.63) is 66.8 Å². The van der Waals surface area contributed by atoms with Gasteiger partial charge in [0.25, 0.3) is 0 Å². The van der Waals surface area contributed by atoms with Gasteiger partial charge in [-0.25, -0.2) is 8.42 Å². The maximum atomic E-state index is 10.7. The van der Waals surface area contributed by atoms with E-state index in [-0.39, 0.29) is 32.0 Å². The lowest BCUT2D eigenvalue weighted by atomic mass is 9.82. The molecule has 0 aliphatic heterocycles. The largest absolute Gasteiger partial charge is 0.741 e. The quantitative estimate of drug-likeness (QED) is 0.305. The number of benzene rings is 2. The molecule has 2 aromatic carbocycles. The van der Waals surface area contributed by atoms with E-state index < -0.39 is 15.6 Å². The van der Waals surface area contributed by atoms with Crippen molar-refractivity contribution < 1.29 is 47.3 Å². The first-order valence-electron chi connectivity index (χ1n) is 9.91. The normalized spacial score (nSPS) is 12.8. The van der Waals surface area contributed by atoms with E-state index in [0.29, 0.717) is 0 Å². The van der Waals surface area contributed by atoms with Gasteiger partial charge < -0.3 is 4.55 Å². The van der Waals surface area contributed by atoms with Crippen LogP contribution in [0.25, 0.3) is 0 Å². The first-order chi connectivity index (χ1) is 14.0. The second-order valence-corrected chi connectivity index (χ2v) is 12.9. The predicted octanol–water partition coefficient (Wildman–Crippen LogP) is 3.24. The summed E-state index contributed by atoms with van der Waals surface area (Å²) in [5.41, 5.74) is -2.18. The van der Waals surface area contributed by atoms with Crippen LogP contribution in [0, 0.1) is 7.14 Å². The fourth-order valence-corrected chi connectivity index (χ4v) is 4.62. The molecule has 0 unspecified atom stereocenters. The summed E-state index contributed by atoms with van der Waals surface area (Å²) in [5.74, 6) is 0. The van der Waals surface area contributed by atoms with Crippen LogP contribution in [0.3, 0.4) is 0 Å². The Balaban J connectivity index is 0.000000512. The third-order valence-corrected chi connectivity index (χ3v) is 8.77. The molecule has 0 spiro atoms. The van der Waals surface area contributed by atoms with Crippen molar-refractivity contribution in [3.8, 4) is 0 Å². The van der Waals surface area contributed by atoms with Crippen LogP contribution in [0.2, 0.25) is 0 Å². The van der Waals surface area contributed by atoms with Gasteiger partial charge in [-0.1, -0.05) is 65.8 Å². The molecule has 0 atom stereocenters. The molecule has 31 heavy (non-hydrogen) atoms. The summed E-state index contributed by atoms with van der Waals surface area (Å²) in [5, 5.41) is 0. The molecule has 8 heteroatoms. The average molecular weight is 570 g/mol. The van der Waals surface area contributed by atoms with Crippen LogP contribution in [0.15, 0.2) is 48.5 Å². The molecule has 0 bridgehead atoms. The van der Waals surface area contributed by atoms with Crippen molar-refractivity contribution >= 4 is 10.1 Å². The fourth-order valence-electron chi connectivity index (χ4n) is 2.46. The molecule has 0 aliphatic carbocycles. The first kappa shape index (κ1) is 27.9. The molecule has 0 aliphatic rings. The zero-order valence-electron chi connectivity index (χ0n) is 18.7. The van der Waals surface area contributed by atoms with Crippen LogP contribution in [-0.2, 0) is 20.9 Å². The standard InChI is InChI=1S/C22H30I.CHF3O3S/c1-7-21(3,4)17-9-13-19(14-10-17)23-20-15-11-18(12-16-20)22(5,6)8-2;2-1(3,4)8(5,6)7/h9-16H,7-8H2,1-6H3;(H,5,6,7)/q+1;/p-1. The van der Waals surface area contributed by atoms with E-state index in [1.807, 2.05) is 0 Å². The Morgan fingerprint density at radius 3 is 1.19 bits per heavy atom. The summed E-state index contributed by atoms with van der Waals surface area (Å²) in [7, 11) is -6.09. The van der Waals surface area contributed by atoms with E-state index in [9.17, 15) is 13.2 Å². The van der Waals surface area contributed by atoms with Gasteiger partial charge in [0.2, 0.25) is 0 Å². The Morgan fingerprint density at radius 1 is 0.742 bits per heavy atom. The van der Waals surface area contributed by atoms with Crippen LogP contribution in [0.4, 0.5) is 13.2 Å². The minimum atomic E-state index is -6.09. The highest BCUT2D eigenvalue weighted by atomic mass is 127. The molecule has 0 aromatic heterocycles. The fraction of sp³-hybridized carbons (Fsp3) is 0.478. The molecular weight excluding hydrogens is 540 g/mol. The second-order valence-electron chi connectivity index (χ2n) is 8.48. The predicted molar refractivity (Wildman–Crippen MR) is 113 cm³/mol. The first-order valence-corrected chi connectivity index (χ1v) is 13.5. The summed E-state index contributed by atoms with van der Waals surface area (Å²) >= 11 is -0.0793. The van der Waals surface area contributed by atoms with E-state index in [2.05, 4.69) is 90.1 Å². The number of hydrogen-bond acceptors (Lipinski definition) is 3. The van der Waals surface area contributed by atoms with Gasteiger partial charge in [0.15, 0.2) is 17.3 Å². The van der Waals surface area contributed by atoms with Gasteiger partial charge in [-0.2, -0.15) is 13.2 Å². The smallest absolute Gasteiger partial charge is 0.485 e. The molecule has 0 saturated carbocycles. The number of rotatable bonds is 6. The van der Waals surface area contributed by atoms with Gasteiger partial charge in [-0.15, -0.1) is 0 Å². The maximum absolute atomic E-state index is 10.7. The van der Waals surface area contributed by atoms with E-state index in [1.165, 1.54) is 31.1 Å². The van der Waals surface area contributed by atoms with E-state index in [0.717, 1.165) is 0 Å². The third-order valence-electron chi connectivity index (χ3n) is 5.52. The highest BCUT2D eigenvalue weighted by molar-refractivity contribution is 7.86. The zero-order valence-corrected chi connectivity index (χ0v) is 21.7. The van der Waals surface area contributed by atoms with Crippen molar-refractivity contribution in [1.29, 1.82) is 0 Å². The monoisotopic (exact) mass is 570 g/mol. The molecule has 0 fully saturated rings. The Morgan fingerprint density at radius 2 is 1.00 bits per heavy atom. The van der Waals surface area contributed by atoms with Crippen LogP contribution in [0.1, 0.15) is 65.5 Å². The minimum absolute atomic E-state index is 0.0793. The third kappa shape index (κ3) is 8.38. The Bertz CT molecular complexity index is 876. The Labute approximate surface area is 194 Å². The van der Waals surface area contributed by atoms with Gasteiger partial charge >= 0.3 is 26.7 Å². The molecule has 2 rings (SSSR count). The van der Waals surface area contributed by atoms with Crippen molar-refractivity contribution in [2.75, 3.05) is 0 Å². The summed E-state index contributed by atoms with van der Waals surface area (Å²) in [6.07, 6.45) is 2.35. The van der Waals surface area contributed by atoms with Gasteiger partial charge in [0.05, 0.1) is 0 Å². The summed E-state index contributed by atoms with van der Waals surface area (Å²) < 4.78 is 61.9. The van der Waals surface area contributed by atoms with Crippen LogP contribution < -0.4 is 21.2 Å². The van der Waals surface area contributed by atoms with Crippen LogP contribution >= 0.6 is 0 Å². The molecule has 3 nitrogen and oxygen atoms in total. The Kier molecular flexibility index (Phi) is 9.59. The van der Waals surface area contributed by atoms with Crippen molar-refractivity contribution in [3.63, 3.8) is 0 Å². The zero-order chi connectivity index (χ0) is 24.1. The lowest BCUT2D eigenvalue weighted by Crippen LogP contribution is -3.61. The summed E-state index contributed by atoms with van der Waals surface area (Å²) in [6, 6.07) is 18.7. The highest BCUT2D eigenvalue weighted by Gasteiger charge is 2.36. The maximum Gasteiger partial charge on any atom is 0.485 e. The average Bonchev–Trinajstić information content (AvgIpc) is 2.68. The Hall–Kier alpha value is -1.13. The van der Waals surface area contributed by atoms with Crippen molar-refractivity contribution in [1.82, 2.24) is 0 Å². The lowest BCUT2D eigenvalue weighted by molar-refractivity contribution is -0.597. The van der Waals surface area contributed by atoms with Gasteiger partial charge in [0.1, 0.15) is 0 Å². The van der Waals surface area contributed by atoms with Crippen molar-refractivity contribution in [2.45, 2.75) is 70.7 Å². The van der Waals surface area contributed by atoms with E-state index >= 15 is 0 Å². The second kappa shape index (κ2) is 10.7. The number of hydrogen-bond donors (Lipinski definition) is 0. The molecule has 2 aromatic rings. The minimum Gasteiger partial charge on any atom is -0.741 e. The molecular formula is C23H30F3IO3S. The summed E-state index contributed by atoms with van der Waals surface area (Å²) in [4.78, 5) is 0. The number of alkyl halides is 3. The topological polar surface area (TPSA) is 57.2 Å². The van der Waals surface area contributed by atoms with Gasteiger partial charge in [0, 0.05) is 0 Å². The molecule has 0 radical (unpaired) electrons. The van der Waals surface area contributed by atoms with E-state index in [1.54, 1.807) is 0 Å². The molecule has 174 valence electrons. The van der Waals surface area contributed by atoms with E-state index in [4.69, 9.17) is 13.0 Å². The number of halogens is 4. The van der Waals surface area contributed by atoms with Crippen LogP contribution in [-0.4, -0.2) is 18.5 Å². The van der Waals surface area contributed by atoms with Gasteiger partial charge in [-0.05, 0) is 59.1 Å².